The molecule has 0 aliphatic carbocycles. The van der Waals surface area contributed by atoms with Gasteiger partial charge in [-0.15, -0.1) is 11.6 Å². The van der Waals surface area contributed by atoms with Crippen LogP contribution in [0.25, 0.3) is 0 Å². The van der Waals surface area contributed by atoms with E-state index in [0.717, 1.165) is 5.56 Å². The Labute approximate surface area is 93.9 Å². The fraction of sp³-hybridized carbons (Fsp3) is 0.455. The maximum atomic E-state index is 6.20. The standard InChI is InChI=1S/C11H13ClO3/c1-13-11(14-2)10(12)9(15-11)8-6-4-3-5-7-8/h3-7,9-10H,1-2H3/t9-,10+/m1/s1. The molecule has 0 aromatic heterocycles. The van der Waals surface area contributed by atoms with Gasteiger partial charge in [0.25, 0.3) is 0 Å². The number of halogens is 1. The third-order valence-electron chi connectivity index (χ3n) is 2.59. The lowest BCUT2D eigenvalue weighted by Gasteiger charge is -2.48. The Bertz CT molecular complexity index is 324. The zero-order valence-electron chi connectivity index (χ0n) is 8.64. The molecule has 0 amide bonds. The topological polar surface area (TPSA) is 27.7 Å². The monoisotopic (exact) mass is 228 g/mol. The molecule has 0 unspecified atom stereocenters. The smallest absolute Gasteiger partial charge is 0.303 e. The summed E-state index contributed by atoms with van der Waals surface area (Å²) in [5, 5.41) is -0.338. The maximum absolute atomic E-state index is 6.20. The van der Waals surface area contributed by atoms with Crippen molar-refractivity contribution in [3.05, 3.63) is 35.9 Å². The molecular formula is C11H13ClO3. The van der Waals surface area contributed by atoms with Gasteiger partial charge < -0.3 is 14.2 Å². The summed E-state index contributed by atoms with van der Waals surface area (Å²) in [7, 11) is 3.03. The SMILES string of the molecule is COC1(OC)O[C@H](c2ccccc2)[C@@H]1Cl. The second-order valence-corrected chi connectivity index (χ2v) is 3.83. The molecular weight excluding hydrogens is 216 g/mol. The Morgan fingerprint density at radius 3 is 2.27 bits per heavy atom. The van der Waals surface area contributed by atoms with E-state index in [2.05, 4.69) is 0 Å². The lowest BCUT2D eigenvalue weighted by molar-refractivity contribution is -0.444. The highest BCUT2D eigenvalue weighted by molar-refractivity contribution is 6.22. The van der Waals surface area contributed by atoms with Crippen LogP contribution in [-0.4, -0.2) is 25.6 Å². The van der Waals surface area contributed by atoms with Crippen LogP contribution in [0.1, 0.15) is 11.7 Å². The first-order valence-corrected chi connectivity index (χ1v) is 5.14. The van der Waals surface area contributed by atoms with Gasteiger partial charge in [0.1, 0.15) is 11.5 Å². The van der Waals surface area contributed by atoms with E-state index in [1.165, 1.54) is 14.2 Å². The first-order chi connectivity index (χ1) is 7.23. The molecule has 1 aliphatic rings. The number of hydrogen-bond donors (Lipinski definition) is 0. The summed E-state index contributed by atoms with van der Waals surface area (Å²) in [6.07, 6.45) is -0.173. The predicted octanol–water partition coefficient (Wildman–Crippen LogP) is 2.31. The Balaban J connectivity index is 2.12. The van der Waals surface area contributed by atoms with Gasteiger partial charge in [-0.05, 0) is 5.56 Å². The van der Waals surface area contributed by atoms with Crippen LogP contribution in [-0.2, 0) is 14.2 Å². The zero-order valence-corrected chi connectivity index (χ0v) is 9.40. The van der Waals surface area contributed by atoms with Crippen LogP contribution in [0.3, 0.4) is 0 Å². The van der Waals surface area contributed by atoms with Crippen molar-refractivity contribution in [3.8, 4) is 0 Å². The van der Waals surface area contributed by atoms with Gasteiger partial charge in [-0.1, -0.05) is 30.3 Å². The molecule has 0 radical (unpaired) electrons. The minimum absolute atomic E-state index is 0.173. The van der Waals surface area contributed by atoms with Crippen LogP contribution in [0.15, 0.2) is 30.3 Å². The van der Waals surface area contributed by atoms with Gasteiger partial charge in [0.2, 0.25) is 0 Å². The average molecular weight is 229 g/mol. The highest BCUT2D eigenvalue weighted by Gasteiger charge is 2.57. The van der Waals surface area contributed by atoms with Gasteiger partial charge in [0, 0.05) is 14.2 Å². The van der Waals surface area contributed by atoms with E-state index in [4.69, 9.17) is 25.8 Å². The third kappa shape index (κ3) is 1.66. The lowest BCUT2D eigenvalue weighted by atomic mass is 10.00. The molecule has 0 bridgehead atoms. The Morgan fingerprint density at radius 1 is 1.20 bits per heavy atom. The van der Waals surface area contributed by atoms with Gasteiger partial charge in [0.15, 0.2) is 0 Å². The zero-order chi connectivity index (χ0) is 10.9. The summed E-state index contributed by atoms with van der Waals surface area (Å²) >= 11 is 6.20. The van der Waals surface area contributed by atoms with Crippen molar-refractivity contribution in [3.63, 3.8) is 0 Å². The minimum Gasteiger partial charge on any atom is -0.330 e. The molecule has 0 N–H and O–H groups in total. The molecule has 2 rings (SSSR count). The molecule has 1 saturated heterocycles. The molecule has 0 spiro atoms. The van der Waals surface area contributed by atoms with Gasteiger partial charge >= 0.3 is 5.97 Å². The quantitative estimate of drug-likeness (QED) is 0.587. The largest absolute Gasteiger partial charge is 0.330 e. The molecule has 1 aliphatic heterocycles. The van der Waals surface area contributed by atoms with Crippen LogP contribution in [0.4, 0.5) is 0 Å². The molecule has 1 heterocycles. The van der Waals surface area contributed by atoms with Crippen molar-refractivity contribution in [1.82, 2.24) is 0 Å². The minimum atomic E-state index is -1.10. The summed E-state index contributed by atoms with van der Waals surface area (Å²) in [4.78, 5) is 0. The van der Waals surface area contributed by atoms with Crippen molar-refractivity contribution in [2.45, 2.75) is 17.5 Å². The van der Waals surface area contributed by atoms with Crippen molar-refractivity contribution >= 4 is 11.6 Å². The van der Waals surface area contributed by atoms with Crippen LogP contribution in [0.2, 0.25) is 0 Å². The predicted molar refractivity (Wildman–Crippen MR) is 56.7 cm³/mol. The van der Waals surface area contributed by atoms with Crippen LogP contribution >= 0.6 is 11.6 Å². The van der Waals surface area contributed by atoms with Gasteiger partial charge in [-0.2, -0.15) is 0 Å². The summed E-state index contributed by atoms with van der Waals surface area (Å²) in [6, 6.07) is 9.78. The first kappa shape index (κ1) is 10.9. The van der Waals surface area contributed by atoms with Crippen LogP contribution in [0, 0.1) is 0 Å². The van der Waals surface area contributed by atoms with E-state index in [0.29, 0.717) is 0 Å². The summed E-state index contributed by atoms with van der Waals surface area (Å²) in [6.45, 7) is 0. The average Bonchev–Trinajstić information content (AvgIpc) is 2.30. The Hall–Kier alpha value is -0.610. The number of hydrogen-bond acceptors (Lipinski definition) is 3. The molecule has 0 saturated carbocycles. The van der Waals surface area contributed by atoms with Gasteiger partial charge in [-0.3, -0.25) is 0 Å². The Morgan fingerprint density at radius 2 is 1.80 bits per heavy atom. The van der Waals surface area contributed by atoms with Crippen LogP contribution in [0.5, 0.6) is 0 Å². The number of rotatable bonds is 3. The Kier molecular flexibility index (Phi) is 2.98. The molecule has 15 heavy (non-hydrogen) atoms. The summed E-state index contributed by atoms with van der Waals surface area (Å²) in [5.41, 5.74) is 1.03. The van der Waals surface area contributed by atoms with E-state index in [1.54, 1.807) is 0 Å². The fourth-order valence-corrected chi connectivity index (χ4v) is 2.13. The van der Waals surface area contributed by atoms with Crippen molar-refractivity contribution in [1.29, 1.82) is 0 Å². The van der Waals surface area contributed by atoms with Crippen molar-refractivity contribution < 1.29 is 14.2 Å². The van der Waals surface area contributed by atoms with E-state index in [9.17, 15) is 0 Å². The molecule has 2 atom stereocenters. The third-order valence-corrected chi connectivity index (χ3v) is 3.09. The molecule has 1 aromatic rings. The molecule has 3 nitrogen and oxygen atoms in total. The second-order valence-electron chi connectivity index (χ2n) is 3.36. The van der Waals surface area contributed by atoms with E-state index < -0.39 is 5.97 Å². The normalized spacial score (nSPS) is 28.5. The molecule has 82 valence electrons. The number of methoxy groups -OCH3 is 2. The highest BCUT2D eigenvalue weighted by Crippen LogP contribution is 2.47. The van der Waals surface area contributed by atoms with E-state index >= 15 is 0 Å². The van der Waals surface area contributed by atoms with Crippen LogP contribution < -0.4 is 0 Å². The molecule has 1 aromatic carbocycles. The number of ether oxygens (including phenoxy) is 3. The van der Waals surface area contributed by atoms with E-state index in [-0.39, 0.29) is 11.5 Å². The first-order valence-electron chi connectivity index (χ1n) is 4.70. The van der Waals surface area contributed by atoms with Crippen molar-refractivity contribution in [2.75, 3.05) is 14.2 Å². The molecule has 1 fully saturated rings. The second kappa shape index (κ2) is 4.10. The van der Waals surface area contributed by atoms with Gasteiger partial charge in [0.05, 0.1) is 0 Å². The van der Waals surface area contributed by atoms with Gasteiger partial charge in [-0.25, -0.2) is 0 Å². The number of alkyl halides is 1. The maximum Gasteiger partial charge on any atom is 0.303 e. The summed E-state index contributed by atoms with van der Waals surface area (Å²) < 4.78 is 15.8. The highest BCUT2D eigenvalue weighted by atomic mass is 35.5. The van der Waals surface area contributed by atoms with Crippen molar-refractivity contribution in [2.24, 2.45) is 0 Å². The summed E-state index contributed by atoms with van der Waals surface area (Å²) in [5.74, 6) is -1.10. The molecule has 4 heteroatoms. The lowest BCUT2D eigenvalue weighted by Crippen LogP contribution is -2.59. The number of benzene rings is 1. The van der Waals surface area contributed by atoms with E-state index in [1.807, 2.05) is 30.3 Å². The fourth-order valence-electron chi connectivity index (χ4n) is 1.70.